The van der Waals surface area contributed by atoms with Gasteiger partial charge in [-0.15, -0.1) is 0 Å². The first-order chi connectivity index (χ1) is 10.1. The molecule has 1 saturated heterocycles. The second-order valence-electron chi connectivity index (χ2n) is 6.01. The molecule has 2 aromatic heterocycles. The third kappa shape index (κ3) is 3.06. The van der Waals surface area contributed by atoms with E-state index in [0.29, 0.717) is 0 Å². The summed E-state index contributed by atoms with van der Waals surface area (Å²) in [5.74, 6) is 2.98. The maximum absolute atomic E-state index is 4.66. The van der Waals surface area contributed by atoms with Crippen LogP contribution in [0.25, 0.3) is 0 Å². The van der Waals surface area contributed by atoms with Crippen molar-refractivity contribution in [1.29, 1.82) is 0 Å². The van der Waals surface area contributed by atoms with Crippen molar-refractivity contribution in [2.45, 2.75) is 33.1 Å². The SMILES string of the molecule is Cc1cnc(C)c(N2CCC(Cc3nccn3C)CC2)n1. The average molecular weight is 285 g/mol. The number of hydrogen-bond acceptors (Lipinski definition) is 4. The number of anilines is 1. The summed E-state index contributed by atoms with van der Waals surface area (Å²) in [4.78, 5) is 15.9. The van der Waals surface area contributed by atoms with Crippen LogP contribution >= 0.6 is 0 Å². The topological polar surface area (TPSA) is 46.8 Å². The van der Waals surface area contributed by atoms with Gasteiger partial charge in [0.05, 0.1) is 11.4 Å². The molecule has 1 aliphatic heterocycles. The Hall–Kier alpha value is -1.91. The summed E-state index contributed by atoms with van der Waals surface area (Å²) in [7, 11) is 2.07. The lowest BCUT2D eigenvalue weighted by Gasteiger charge is -2.33. The average Bonchev–Trinajstić information content (AvgIpc) is 2.88. The van der Waals surface area contributed by atoms with Gasteiger partial charge in [-0.1, -0.05) is 0 Å². The van der Waals surface area contributed by atoms with E-state index in [0.717, 1.165) is 42.6 Å². The fraction of sp³-hybridized carbons (Fsp3) is 0.562. The van der Waals surface area contributed by atoms with Crippen molar-refractivity contribution in [1.82, 2.24) is 19.5 Å². The van der Waals surface area contributed by atoms with Crippen LogP contribution in [0.2, 0.25) is 0 Å². The van der Waals surface area contributed by atoms with Crippen LogP contribution in [0.15, 0.2) is 18.6 Å². The van der Waals surface area contributed by atoms with E-state index < -0.39 is 0 Å². The molecule has 2 aromatic rings. The van der Waals surface area contributed by atoms with Gasteiger partial charge in [0, 0.05) is 45.1 Å². The molecule has 0 atom stereocenters. The Kier molecular flexibility index (Phi) is 3.90. The van der Waals surface area contributed by atoms with Crippen LogP contribution < -0.4 is 4.90 Å². The number of aryl methyl sites for hydroxylation is 3. The van der Waals surface area contributed by atoms with Gasteiger partial charge in [-0.2, -0.15) is 0 Å². The minimum atomic E-state index is 0.723. The summed E-state index contributed by atoms with van der Waals surface area (Å²) in [5, 5.41) is 0. The van der Waals surface area contributed by atoms with Gasteiger partial charge in [0.15, 0.2) is 0 Å². The fourth-order valence-corrected chi connectivity index (χ4v) is 3.02. The van der Waals surface area contributed by atoms with E-state index in [9.17, 15) is 0 Å². The minimum Gasteiger partial charge on any atom is -0.355 e. The Morgan fingerprint density at radius 3 is 2.62 bits per heavy atom. The van der Waals surface area contributed by atoms with Crippen LogP contribution in [0.1, 0.15) is 30.1 Å². The molecule has 3 rings (SSSR count). The van der Waals surface area contributed by atoms with Crippen LogP contribution in [-0.2, 0) is 13.5 Å². The van der Waals surface area contributed by atoms with E-state index in [1.807, 2.05) is 32.4 Å². The molecule has 0 N–H and O–H groups in total. The van der Waals surface area contributed by atoms with Gasteiger partial charge in [-0.25, -0.2) is 9.97 Å². The summed E-state index contributed by atoms with van der Waals surface area (Å²) in [6.07, 6.45) is 9.22. The number of piperidine rings is 1. The smallest absolute Gasteiger partial charge is 0.150 e. The molecule has 0 aromatic carbocycles. The highest BCUT2D eigenvalue weighted by Crippen LogP contribution is 2.25. The zero-order chi connectivity index (χ0) is 14.8. The minimum absolute atomic E-state index is 0.723. The maximum atomic E-state index is 4.66. The number of hydrogen-bond donors (Lipinski definition) is 0. The molecule has 5 heteroatoms. The van der Waals surface area contributed by atoms with Gasteiger partial charge in [0.1, 0.15) is 11.6 Å². The summed E-state index contributed by atoms with van der Waals surface area (Å²) in [5.41, 5.74) is 2.02. The van der Waals surface area contributed by atoms with Crippen molar-refractivity contribution in [3.8, 4) is 0 Å². The molecule has 0 bridgehead atoms. The van der Waals surface area contributed by atoms with E-state index in [1.165, 1.54) is 18.7 Å². The quantitative estimate of drug-likeness (QED) is 0.868. The first kappa shape index (κ1) is 14.0. The highest BCUT2D eigenvalue weighted by molar-refractivity contribution is 5.43. The Labute approximate surface area is 126 Å². The van der Waals surface area contributed by atoms with Gasteiger partial charge in [0.2, 0.25) is 0 Å². The van der Waals surface area contributed by atoms with Crippen molar-refractivity contribution in [3.05, 3.63) is 35.8 Å². The van der Waals surface area contributed by atoms with Crippen molar-refractivity contribution in [2.75, 3.05) is 18.0 Å². The normalized spacial score (nSPS) is 16.4. The third-order valence-corrected chi connectivity index (χ3v) is 4.36. The molecular formula is C16H23N5. The first-order valence-corrected chi connectivity index (χ1v) is 7.65. The van der Waals surface area contributed by atoms with Crippen LogP contribution in [0.4, 0.5) is 5.82 Å². The fourth-order valence-electron chi connectivity index (χ4n) is 3.02. The zero-order valence-corrected chi connectivity index (χ0v) is 13.1. The molecule has 0 aliphatic carbocycles. The van der Waals surface area contributed by atoms with Gasteiger partial charge < -0.3 is 9.47 Å². The third-order valence-electron chi connectivity index (χ3n) is 4.36. The van der Waals surface area contributed by atoms with Gasteiger partial charge in [0.25, 0.3) is 0 Å². The van der Waals surface area contributed by atoms with Crippen molar-refractivity contribution in [3.63, 3.8) is 0 Å². The van der Waals surface area contributed by atoms with Gasteiger partial charge in [-0.05, 0) is 32.6 Å². The maximum Gasteiger partial charge on any atom is 0.150 e. The Bertz CT molecular complexity index is 611. The lowest BCUT2D eigenvalue weighted by molar-refractivity contribution is 0.392. The summed E-state index contributed by atoms with van der Waals surface area (Å²) >= 11 is 0. The molecule has 0 spiro atoms. The van der Waals surface area contributed by atoms with Gasteiger partial charge >= 0.3 is 0 Å². The van der Waals surface area contributed by atoms with Crippen LogP contribution in [0.3, 0.4) is 0 Å². The molecule has 1 fully saturated rings. The Balaban J connectivity index is 1.62. The van der Waals surface area contributed by atoms with Gasteiger partial charge in [-0.3, -0.25) is 4.98 Å². The number of rotatable bonds is 3. The second-order valence-corrected chi connectivity index (χ2v) is 6.01. The number of aromatic nitrogens is 4. The highest BCUT2D eigenvalue weighted by atomic mass is 15.2. The van der Waals surface area contributed by atoms with E-state index in [4.69, 9.17) is 0 Å². The van der Waals surface area contributed by atoms with Crippen LogP contribution in [-0.4, -0.2) is 32.6 Å². The Morgan fingerprint density at radius 1 is 1.19 bits per heavy atom. The first-order valence-electron chi connectivity index (χ1n) is 7.65. The molecule has 1 aliphatic rings. The molecule has 112 valence electrons. The lowest BCUT2D eigenvalue weighted by atomic mass is 9.93. The molecule has 0 radical (unpaired) electrons. The predicted octanol–water partition coefficient (Wildman–Crippen LogP) is 2.29. The van der Waals surface area contributed by atoms with Crippen molar-refractivity contribution < 1.29 is 0 Å². The summed E-state index contributed by atoms with van der Waals surface area (Å²) < 4.78 is 2.13. The molecule has 0 saturated carbocycles. The second kappa shape index (κ2) is 5.84. The number of nitrogens with zero attached hydrogens (tertiary/aromatic N) is 5. The highest BCUT2D eigenvalue weighted by Gasteiger charge is 2.22. The standard InChI is InChI=1S/C16H23N5/c1-12-11-18-13(2)16(19-12)21-7-4-14(5-8-21)10-15-17-6-9-20(15)3/h6,9,11,14H,4-5,7-8,10H2,1-3H3. The van der Waals surface area contributed by atoms with E-state index in [1.54, 1.807) is 0 Å². The zero-order valence-electron chi connectivity index (χ0n) is 13.1. The molecule has 21 heavy (non-hydrogen) atoms. The Morgan fingerprint density at radius 2 is 1.95 bits per heavy atom. The summed E-state index contributed by atoms with van der Waals surface area (Å²) in [6, 6.07) is 0. The molecule has 0 amide bonds. The molecular weight excluding hydrogens is 262 g/mol. The summed E-state index contributed by atoms with van der Waals surface area (Å²) in [6.45, 7) is 6.17. The van der Waals surface area contributed by atoms with Crippen LogP contribution in [0, 0.1) is 19.8 Å². The van der Waals surface area contributed by atoms with Crippen molar-refractivity contribution >= 4 is 5.82 Å². The lowest BCUT2D eigenvalue weighted by Crippen LogP contribution is -2.35. The van der Waals surface area contributed by atoms with E-state index in [-0.39, 0.29) is 0 Å². The number of imidazole rings is 1. The largest absolute Gasteiger partial charge is 0.355 e. The molecule has 0 unspecified atom stereocenters. The molecule has 5 nitrogen and oxygen atoms in total. The van der Waals surface area contributed by atoms with E-state index in [2.05, 4.69) is 31.5 Å². The van der Waals surface area contributed by atoms with Crippen LogP contribution in [0.5, 0.6) is 0 Å². The van der Waals surface area contributed by atoms with Crippen molar-refractivity contribution in [2.24, 2.45) is 13.0 Å². The van der Waals surface area contributed by atoms with E-state index >= 15 is 0 Å². The predicted molar refractivity (Wildman–Crippen MR) is 83.4 cm³/mol. The molecule has 3 heterocycles. The monoisotopic (exact) mass is 285 g/mol.